The summed E-state index contributed by atoms with van der Waals surface area (Å²) in [5.74, 6) is -0.0918. The van der Waals surface area contributed by atoms with Crippen LogP contribution >= 0.6 is 0 Å². The lowest BCUT2D eigenvalue weighted by atomic mass is 10.1. The summed E-state index contributed by atoms with van der Waals surface area (Å²) in [4.78, 5) is 20.4. The number of carbonyl (C=O) groups is 1. The highest BCUT2D eigenvalue weighted by Gasteiger charge is 2.18. The van der Waals surface area contributed by atoms with Crippen LogP contribution in [-0.4, -0.2) is 52.5 Å². The topological polar surface area (TPSA) is 131 Å². The van der Waals surface area contributed by atoms with Gasteiger partial charge in [0, 0.05) is 50.9 Å². The van der Waals surface area contributed by atoms with E-state index in [1.54, 1.807) is 44.6 Å². The van der Waals surface area contributed by atoms with E-state index in [9.17, 15) is 13.6 Å². The lowest BCUT2D eigenvalue weighted by molar-refractivity contribution is 0.0995. The van der Waals surface area contributed by atoms with Crippen molar-refractivity contribution in [2.75, 3.05) is 13.7 Å². The fourth-order valence-electron chi connectivity index (χ4n) is 3.33. The van der Waals surface area contributed by atoms with Gasteiger partial charge in [-0.2, -0.15) is 0 Å². The van der Waals surface area contributed by atoms with Crippen LogP contribution in [0.15, 0.2) is 18.3 Å². The van der Waals surface area contributed by atoms with Crippen LogP contribution < -0.4 is 5.73 Å². The smallest absolute Gasteiger partial charge is 0.267 e. The number of nitrogens with two attached hydrogens (primary N) is 1. The van der Waals surface area contributed by atoms with Crippen LogP contribution in [0.3, 0.4) is 0 Å². The molecule has 0 aromatic carbocycles. The number of aryl methyl sites for hydroxylation is 2. The van der Waals surface area contributed by atoms with Crippen LogP contribution in [0, 0.1) is 17.7 Å². The number of hydrogen-bond donors (Lipinski definition) is 3. The van der Waals surface area contributed by atoms with E-state index in [-0.39, 0.29) is 12.1 Å². The molecule has 0 aliphatic heterocycles. The minimum absolute atomic E-state index is 0.0417. The molecule has 38 heavy (non-hydrogen) atoms. The molecular weight excluding hydrogens is 490 g/mol. The van der Waals surface area contributed by atoms with Gasteiger partial charge in [-0.1, -0.05) is 39.5 Å². The molecule has 0 radical (unpaired) electrons. The maximum absolute atomic E-state index is 11.5. The summed E-state index contributed by atoms with van der Waals surface area (Å²) in [6.45, 7) is 10.3. The van der Waals surface area contributed by atoms with Crippen molar-refractivity contribution in [2.24, 2.45) is 12.8 Å². The summed E-state index contributed by atoms with van der Waals surface area (Å²) >= 11 is 0. The maximum atomic E-state index is 11.5. The number of nitrogens with one attached hydrogen (secondary N) is 2. The Morgan fingerprint density at radius 3 is 2.26 bits per heavy atom. The van der Waals surface area contributed by atoms with Gasteiger partial charge < -0.3 is 25.9 Å². The molecule has 0 saturated carbocycles. The number of primary amides is 1. The molecule has 10 heteroatoms. The van der Waals surface area contributed by atoms with Crippen LogP contribution in [0.2, 0.25) is 0 Å². The molecule has 0 aliphatic carbocycles. The Morgan fingerprint density at radius 2 is 1.82 bits per heavy atom. The van der Waals surface area contributed by atoms with Gasteiger partial charge in [0.25, 0.3) is 5.91 Å². The van der Waals surface area contributed by atoms with Gasteiger partial charge in [-0.05, 0) is 50.5 Å². The van der Waals surface area contributed by atoms with Crippen molar-refractivity contribution in [2.45, 2.75) is 79.6 Å². The largest absolute Gasteiger partial charge is 0.385 e. The zero-order valence-corrected chi connectivity index (χ0v) is 23.8. The molecule has 0 fully saturated rings. The number of halogens is 2. The molecule has 2 aromatic heterocycles. The van der Waals surface area contributed by atoms with Crippen LogP contribution in [0.5, 0.6) is 0 Å². The van der Waals surface area contributed by atoms with Crippen LogP contribution in [-0.2, 0) is 11.8 Å². The monoisotopic (exact) mass is 534 g/mol. The Hall–Kier alpha value is -3.27. The first-order chi connectivity index (χ1) is 17.9. The highest BCUT2D eigenvalue weighted by atomic mass is 19.3. The number of alkyl halides is 2. The Bertz CT molecular complexity index is 1060. The summed E-state index contributed by atoms with van der Waals surface area (Å²) in [6.07, 6.45) is 8.48. The van der Waals surface area contributed by atoms with Gasteiger partial charge in [-0.25, -0.2) is 18.7 Å². The number of unbranched alkanes of at least 4 members (excludes halogenated alkanes) is 3. The molecule has 212 valence electrons. The lowest BCUT2D eigenvalue weighted by Gasteiger charge is -2.09. The quantitative estimate of drug-likeness (QED) is 0.209. The minimum atomic E-state index is -2.10. The molecular formula is C28H44F2N6O2. The molecule has 0 atom stereocenters. The first kappa shape index (κ1) is 34.7. The van der Waals surface area contributed by atoms with E-state index >= 15 is 0 Å². The number of aromatic nitrogens is 3. The first-order valence-electron chi connectivity index (χ1n) is 12.8. The van der Waals surface area contributed by atoms with E-state index < -0.39 is 12.3 Å². The third-order valence-electron chi connectivity index (χ3n) is 5.30. The summed E-state index contributed by atoms with van der Waals surface area (Å²) in [5.41, 5.74) is 9.24. The number of carbonyl (C=O) groups excluding carboxylic acids is 1. The molecule has 0 aliphatic rings. The van der Waals surface area contributed by atoms with Crippen molar-refractivity contribution in [3.8, 4) is 11.5 Å². The van der Waals surface area contributed by atoms with E-state index in [2.05, 4.69) is 16.9 Å². The van der Waals surface area contributed by atoms with E-state index in [0.717, 1.165) is 17.7 Å². The normalized spacial score (nSPS) is 10.8. The van der Waals surface area contributed by atoms with E-state index in [0.29, 0.717) is 34.9 Å². The zero-order valence-electron chi connectivity index (χ0n) is 23.8. The number of imidazole rings is 1. The minimum Gasteiger partial charge on any atom is -0.385 e. The number of methoxy groups -OCH3 is 1. The Balaban J connectivity index is 0.000000805. The second kappa shape index (κ2) is 18.9. The first-order valence-corrected chi connectivity index (χ1v) is 12.8. The van der Waals surface area contributed by atoms with Gasteiger partial charge in [0.15, 0.2) is 5.82 Å². The van der Waals surface area contributed by atoms with Crippen molar-refractivity contribution in [1.82, 2.24) is 14.5 Å². The number of pyridine rings is 1. The third-order valence-corrected chi connectivity index (χ3v) is 5.30. The lowest BCUT2D eigenvalue weighted by Crippen LogP contribution is -2.15. The molecule has 4 N–H and O–H groups in total. The van der Waals surface area contributed by atoms with Crippen molar-refractivity contribution in [1.29, 1.82) is 10.8 Å². The second-order valence-corrected chi connectivity index (χ2v) is 8.90. The van der Waals surface area contributed by atoms with Gasteiger partial charge in [0.1, 0.15) is 11.4 Å². The number of hydrogen-bond acceptors (Lipinski definition) is 6. The molecule has 1 amide bonds. The zero-order chi connectivity index (χ0) is 29.3. The Labute approximate surface area is 225 Å². The van der Waals surface area contributed by atoms with Gasteiger partial charge >= 0.3 is 0 Å². The Morgan fingerprint density at radius 1 is 1.16 bits per heavy atom. The molecule has 2 heterocycles. The number of nitrogens with zero attached hydrogens (tertiary/aromatic N) is 3. The van der Waals surface area contributed by atoms with Gasteiger partial charge in [-0.3, -0.25) is 4.79 Å². The molecule has 0 spiro atoms. The van der Waals surface area contributed by atoms with E-state index in [1.165, 1.54) is 31.9 Å². The number of rotatable bonds is 12. The van der Waals surface area contributed by atoms with Crippen LogP contribution in [0.4, 0.5) is 8.78 Å². The van der Waals surface area contributed by atoms with Crippen molar-refractivity contribution >= 4 is 23.4 Å². The second-order valence-electron chi connectivity index (χ2n) is 8.90. The SMILES string of the molecule is CC(=N)/C=C(\C)c1cn(C)c(-c2nc(C(N)=O)cc(C)c2C=N)n1.CCCC(F)F.CCCCCCOC. The average Bonchev–Trinajstić information content (AvgIpc) is 3.23. The fourth-order valence-corrected chi connectivity index (χ4v) is 3.33. The van der Waals surface area contributed by atoms with E-state index in [4.69, 9.17) is 21.3 Å². The van der Waals surface area contributed by atoms with Crippen LogP contribution in [0.25, 0.3) is 17.1 Å². The standard InChI is InChI=1S/C17H20N6O.C7H16O.C4H8F2/c1-9-6-13(16(20)24)21-15(12(9)7-18)17-22-14(8-23(17)4)10(2)5-11(3)19;1-3-4-5-6-7-8-2;1-2-3-4(5)6/h5-8,18-19H,1-4H3,(H2,20,24);3-7H2,1-2H3;4H,2-3H2,1H3/b10-5+,18-7?,19-11?;;. The third kappa shape index (κ3) is 12.8. The summed E-state index contributed by atoms with van der Waals surface area (Å²) in [7, 11) is 3.57. The van der Waals surface area contributed by atoms with Crippen molar-refractivity contribution in [3.63, 3.8) is 0 Å². The van der Waals surface area contributed by atoms with E-state index in [1.807, 2.05) is 20.2 Å². The number of ether oxygens (including phenoxy) is 1. The average molecular weight is 535 g/mol. The van der Waals surface area contributed by atoms with Gasteiger partial charge in [0.05, 0.1) is 5.69 Å². The molecule has 0 bridgehead atoms. The predicted molar refractivity (Wildman–Crippen MR) is 152 cm³/mol. The van der Waals surface area contributed by atoms with Gasteiger partial charge in [-0.15, -0.1) is 0 Å². The summed E-state index contributed by atoms with van der Waals surface area (Å²) in [6, 6.07) is 1.57. The van der Waals surface area contributed by atoms with Crippen LogP contribution in [0.1, 0.15) is 93.5 Å². The molecule has 0 saturated heterocycles. The van der Waals surface area contributed by atoms with Crippen molar-refractivity contribution in [3.05, 3.63) is 40.9 Å². The van der Waals surface area contributed by atoms with Gasteiger partial charge in [0.2, 0.25) is 6.43 Å². The molecule has 0 unspecified atom stereocenters. The maximum Gasteiger partial charge on any atom is 0.267 e. The number of allylic oxidation sites excluding steroid dienone is 2. The Kier molecular flexibility index (Phi) is 17.3. The number of amides is 1. The highest BCUT2D eigenvalue weighted by molar-refractivity contribution is 5.97. The van der Waals surface area contributed by atoms with Crippen molar-refractivity contribution < 1.29 is 18.3 Å². The predicted octanol–water partition coefficient (Wildman–Crippen LogP) is 6.59. The highest BCUT2D eigenvalue weighted by Crippen LogP contribution is 2.25. The molecule has 8 nitrogen and oxygen atoms in total. The fraction of sp³-hybridized carbons (Fsp3) is 0.536. The molecule has 2 rings (SSSR count). The summed E-state index contributed by atoms with van der Waals surface area (Å²) < 4.78 is 28.7. The molecule has 2 aromatic rings. The summed E-state index contributed by atoms with van der Waals surface area (Å²) in [5, 5.41) is 15.2.